The molecule has 0 unspecified atom stereocenters. The highest BCUT2D eigenvalue weighted by molar-refractivity contribution is 6.35. The number of amides is 1. The Bertz CT molecular complexity index is 1470. The lowest BCUT2D eigenvalue weighted by molar-refractivity contribution is -0.149. The highest BCUT2D eigenvalue weighted by atomic mass is 35.5. The van der Waals surface area contributed by atoms with Crippen molar-refractivity contribution in [3.05, 3.63) is 40.6 Å². The lowest BCUT2D eigenvalue weighted by Gasteiger charge is -2.58. The predicted octanol–water partition coefficient (Wildman–Crippen LogP) is 4.70. The minimum Gasteiger partial charge on any atom is -0.398 e. The third-order valence-corrected chi connectivity index (χ3v) is 11.2. The Balaban J connectivity index is 1.36. The number of piperazine rings is 1. The number of aromatic nitrogens is 2. The summed E-state index contributed by atoms with van der Waals surface area (Å²) in [6.45, 7) is 20.2. The molecule has 1 atom stereocenters. The molecular formula is C34H48ClN7O3. The molecule has 3 saturated heterocycles. The number of hydrogen-bond acceptors (Lipinski definition) is 8. The molecule has 0 radical (unpaired) electrons. The summed E-state index contributed by atoms with van der Waals surface area (Å²) in [6.07, 6.45) is 5.61. The SMILES string of the molecule is C=CC(=O)N1CC2(CC(n3nc(N4CCN(CC5COCCOC5)C[C@]4(C)CC)c(-c4c(Cl)c(C)cc(N)c4C=N)c3C)C2)C1. The van der Waals surface area contributed by atoms with E-state index in [2.05, 4.69) is 41.8 Å². The summed E-state index contributed by atoms with van der Waals surface area (Å²) < 4.78 is 13.8. The quantitative estimate of drug-likeness (QED) is 0.245. The molecule has 3 aliphatic heterocycles. The van der Waals surface area contributed by atoms with Gasteiger partial charge in [0.2, 0.25) is 5.91 Å². The summed E-state index contributed by atoms with van der Waals surface area (Å²) in [5, 5.41) is 14.3. The largest absolute Gasteiger partial charge is 0.398 e. The van der Waals surface area contributed by atoms with Crippen LogP contribution in [0.5, 0.6) is 0 Å². The maximum absolute atomic E-state index is 12.1. The zero-order valence-electron chi connectivity index (χ0n) is 27.2. The second-order valence-corrected chi connectivity index (χ2v) is 14.3. The average Bonchev–Trinajstić information content (AvgIpc) is 3.12. The fourth-order valence-corrected chi connectivity index (χ4v) is 8.36. The van der Waals surface area contributed by atoms with Gasteiger partial charge in [-0.2, -0.15) is 5.10 Å². The second kappa shape index (κ2) is 12.4. The van der Waals surface area contributed by atoms with Crippen LogP contribution >= 0.6 is 11.6 Å². The van der Waals surface area contributed by atoms with E-state index < -0.39 is 0 Å². The number of halogens is 1. The van der Waals surface area contributed by atoms with Crippen LogP contribution in [0.4, 0.5) is 11.5 Å². The Kier molecular flexibility index (Phi) is 8.80. The van der Waals surface area contributed by atoms with Gasteiger partial charge in [-0.05, 0) is 57.7 Å². The van der Waals surface area contributed by atoms with E-state index in [1.165, 1.54) is 12.3 Å². The number of carbonyl (C=O) groups is 1. The molecule has 1 saturated carbocycles. The van der Waals surface area contributed by atoms with E-state index in [1.54, 1.807) is 0 Å². The molecular weight excluding hydrogens is 590 g/mol. The summed E-state index contributed by atoms with van der Waals surface area (Å²) in [4.78, 5) is 19.0. The van der Waals surface area contributed by atoms with Crippen molar-refractivity contribution < 1.29 is 14.3 Å². The van der Waals surface area contributed by atoms with Crippen molar-refractivity contribution in [3.8, 4) is 11.1 Å². The molecule has 2 aromatic rings. The molecule has 10 nitrogen and oxygen atoms in total. The maximum Gasteiger partial charge on any atom is 0.245 e. The van der Waals surface area contributed by atoms with Crippen molar-refractivity contribution in [2.75, 3.05) is 76.3 Å². The number of nitrogens with zero attached hydrogens (tertiary/aromatic N) is 5. The van der Waals surface area contributed by atoms with E-state index in [4.69, 9.17) is 37.3 Å². The number of nitrogen functional groups attached to an aromatic ring is 1. The molecule has 4 heterocycles. The van der Waals surface area contributed by atoms with Crippen molar-refractivity contribution in [3.63, 3.8) is 0 Å². The van der Waals surface area contributed by atoms with Crippen LogP contribution in [0.15, 0.2) is 18.7 Å². The molecule has 1 spiro atoms. The molecule has 1 aliphatic carbocycles. The highest BCUT2D eigenvalue weighted by Gasteiger charge is 2.55. The topological polar surface area (TPSA) is 113 Å². The van der Waals surface area contributed by atoms with Crippen molar-refractivity contribution in [2.45, 2.75) is 58.5 Å². The van der Waals surface area contributed by atoms with Gasteiger partial charge in [0.15, 0.2) is 5.82 Å². The van der Waals surface area contributed by atoms with Crippen LogP contribution in [-0.2, 0) is 14.3 Å². The Hall–Kier alpha value is -2.92. The van der Waals surface area contributed by atoms with Crippen LogP contribution in [0, 0.1) is 30.6 Å². The van der Waals surface area contributed by atoms with Gasteiger partial charge in [-0.25, -0.2) is 0 Å². The lowest BCUT2D eigenvalue weighted by Crippen LogP contribution is -2.63. The molecule has 1 aromatic heterocycles. The van der Waals surface area contributed by atoms with E-state index in [0.29, 0.717) is 35.4 Å². The first-order valence-corrected chi connectivity index (χ1v) is 16.7. The maximum atomic E-state index is 12.1. The average molecular weight is 638 g/mol. The first kappa shape index (κ1) is 32.0. The summed E-state index contributed by atoms with van der Waals surface area (Å²) in [6, 6.07) is 2.08. The van der Waals surface area contributed by atoms with Gasteiger partial charge in [-0.15, -0.1) is 0 Å². The summed E-state index contributed by atoms with van der Waals surface area (Å²) in [7, 11) is 0. The summed E-state index contributed by atoms with van der Waals surface area (Å²) in [5.41, 5.74) is 11.3. The third-order valence-electron chi connectivity index (χ3n) is 10.7. The molecule has 45 heavy (non-hydrogen) atoms. The van der Waals surface area contributed by atoms with Gasteiger partial charge in [-0.3, -0.25) is 14.4 Å². The number of hydrogen-bond donors (Lipinski definition) is 2. The zero-order valence-corrected chi connectivity index (χ0v) is 28.0. The number of carbonyl (C=O) groups excluding carboxylic acids is 1. The molecule has 1 amide bonds. The van der Waals surface area contributed by atoms with Gasteiger partial charge in [0.05, 0.1) is 43.0 Å². The predicted molar refractivity (Wildman–Crippen MR) is 180 cm³/mol. The minimum absolute atomic E-state index is 0.00635. The number of likely N-dealkylation sites (tertiary alicyclic amines) is 1. The molecule has 0 bridgehead atoms. The van der Waals surface area contributed by atoms with Crippen LogP contribution in [0.2, 0.25) is 5.02 Å². The molecule has 3 N–H and O–H groups in total. The van der Waals surface area contributed by atoms with E-state index in [1.807, 2.05) is 17.9 Å². The monoisotopic (exact) mass is 637 g/mol. The van der Waals surface area contributed by atoms with Gasteiger partial charge >= 0.3 is 0 Å². The summed E-state index contributed by atoms with van der Waals surface area (Å²) in [5.74, 6) is 1.27. The number of anilines is 2. The Labute approximate surface area is 272 Å². The molecule has 4 aliphatic rings. The van der Waals surface area contributed by atoms with Gasteiger partial charge in [-0.1, -0.05) is 25.1 Å². The van der Waals surface area contributed by atoms with E-state index in [0.717, 1.165) is 99.9 Å². The fourth-order valence-electron chi connectivity index (χ4n) is 8.11. The molecule has 244 valence electrons. The highest BCUT2D eigenvalue weighted by Crippen LogP contribution is 2.56. The normalized spacial score (nSPS) is 24.3. The number of nitrogens with two attached hydrogens (primary N) is 1. The molecule has 11 heteroatoms. The summed E-state index contributed by atoms with van der Waals surface area (Å²) >= 11 is 7.10. The van der Waals surface area contributed by atoms with Crippen molar-refractivity contribution in [1.29, 1.82) is 5.41 Å². The van der Waals surface area contributed by atoms with Crippen LogP contribution in [0.3, 0.4) is 0 Å². The van der Waals surface area contributed by atoms with Crippen LogP contribution in [-0.4, -0.2) is 103 Å². The van der Waals surface area contributed by atoms with Gasteiger partial charge < -0.3 is 30.4 Å². The molecule has 1 aromatic carbocycles. The van der Waals surface area contributed by atoms with Gasteiger partial charge in [0.1, 0.15) is 0 Å². The number of rotatable bonds is 8. The number of nitrogens with one attached hydrogen (secondary N) is 1. The zero-order chi connectivity index (χ0) is 32.1. The van der Waals surface area contributed by atoms with Crippen molar-refractivity contribution in [1.82, 2.24) is 19.6 Å². The number of benzene rings is 1. The van der Waals surface area contributed by atoms with Gasteiger partial charge in [0.25, 0.3) is 0 Å². The van der Waals surface area contributed by atoms with Gasteiger partial charge in [0, 0.05) is 84.9 Å². The standard InChI is InChI=1S/C34H48ClN7O3/c1-6-28(43)40-20-34(21-40)13-25(14-34)42-23(4)29(30-26(15-36)27(37)12-22(3)31(30)35)32(38-42)41-9-8-39(19-33(41,5)7-2)16-24-17-44-10-11-45-18-24/h6,12,15,24-25,36H,1,7-11,13-14,16-21,37H2,2-5H3/t33-/m0/s1. The van der Waals surface area contributed by atoms with Crippen molar-refractivity contribution >= 4 is 35.2 Å². The molecule has 6 rings (SSSR count). The van der Waals surface area contributed by atoms with E-state index in [9.17, 15) is 4.79 Å². The van der Waals surface area contributed by atoms with Crippen molar-refractivity contribution in [2.24, 2.45) is 11.3 Å². The first-order valence-electron chi connectivity index (χ1n) is 16.3. The smallest absolute Gasteiger partial charge is 0.245 e. The first-order chi connectivity index (χ1) is 21.5. The van der Waals surface area contributed by atoms with E-state index >= 15 is 0 Å². The van der Waals surface area contributed by atoms with E-state index in [-0.39, 0.29) is 22.9 Å². The molecule has 4 fully saturated rings. The fraction of sp³-hybridized carbons (Fsp3) is 0.618. The van der Waals surface area contributed by atoms with Crippen LogP contribution in [0.25, 0.3) is 11.1 Å². The van der Waals surface area contributed by atoms with Crippen LogP contribution in [0.1, 0.15) is 56.0 Å². The third kappa shape index (κ3) is 5.68. The Morgan fingerprint density at radius 1 is 1.18 bits per heavy atom. The Morgan fingerprint density at radius 3 is 2.49 bits per heavy atom. The van der Waals surface area contributed by atoms with Crippen LogP contribution < -0.4 is 10.6 Å². The number of ether oxygens (including phenoxy) is 2. The Morgan fingerprint density at radius 2 is 1.87 bits per heavy atom. The lowest BCUT2D eigenvalue weighted by atomic mass is 9.60. The number of aryl methyl sites for hydroxylation is 1. The minimum atomic E-state index is -0.182. The second-order valence-electron chi connectivity index (χ2n) is 14.0.